The number of rotatable bonds is 1. The molecule has 0 aromatic heterocycles. The molecule has 1 saturated heterocycles. The van der Waals surface area contributed by atoms with Crippen LogP contribution in [0.1, 0.15) is 26.7 Å². The van der Waals surface area contributed by atoms with Crippen LogP contribution in [-0.2, 0) is 4.74 Å². The Kier molecular flexibility index (Phi) is 1.20. The van der Waals surface area contributed by atoms with Crippen molar-refractivity contribution in [2.45, 2.75) is 38.3 Å². The average molecular weight is 155 g/mol. The van der Waals surface area contributed by atoms with Crippen molar-refractivity contribution < 1.29 is 9.53 Å². The molecule has 0 unspecified atom stereocenters. The van der Waals surface area contributed by atoms with Gasteiger partial charge in [-0.1, -0.05) is 0 Å². The summed E-state index contributed by atoms with van der Waals surface area (Å²) in [5, 5.41) is 0. The molecular weight excluding hydrogens is 142 g/mol. The zero-order valence-corrected chi connectivity index (χ0v) is 6.96. The Morgan fingerprint density at radius 2 is 2.18 bits per heavy atom. The molecular formula is C8H13NO2. The summed E-state index contributed by atoms with van der Waals surface area (Å²) in [7, 11) is 0. The molecule has 1 heterocycles. The predicted molar refractivity (Wildman–Crippen MR) is 40.3 cm³/mol. The standard InChI is InChI=1S/C8H13NO2/c1-6(2)9-7(10)11-5-8(9)3-4-8/h6H,3-5H2,1-2H3. The van der Waals surface area contributed by atoms with Gasteiger partial charge in [-0.05, 0) is 26.7 Å². The lowest BCUT2D eigenvalue weighted by Gasteiger charge is -2.24. The molecule has 2 fully saturated rings. The van der Waals surface area contributed by atoms with Crippen LogP contribution in [0.4, 0.5) is 4.79 Å². The number of hydrogen-bond acceptors (Lipinski definition) is 2. The zero-order valence-electron chi connectivity index (χ0n) is 6.96. The second-order valence-electron chi connectivity index (χ2n) is 3.74. The highest BCUT2D eigenvalue weighted by Gasteiger charge is 2.57. The van der Waals surface area contributed by atoms with Gasteiger partial charge in [0.25, 0.3) is 0 Å². The molecule has 2 rings (SSSR count). The summed E-state index contributed by atoms with van der Waals surface area (Å²) < 4.78 is 4.99. The van der Waals surface area contributed by atoms with E-state index in [9.17, 15) is 4.79 Å². The van der Waals surface area contributed by atoms with Crippen LogP contribution in [0.5, 0.6) is 0 Å². The Labute approximate surface area is 66.3 Å². The number of hydrogen-bond donors (Lipinski definition) is 0. The summed E-state index contributed by atoms with van der Waals surface area (Å²) in [6, 6.07) is 0.285. The molecule has 0 bridgehead atoms. The van der Waals surface area contributed by atoms with Gasteiger partial charge in [0.15, 0.2) is 0 Å². The monoisotopic (exact) mass is 155 g/mol. The topological polar surface area (TPSA) is 29.5 Å². The lowest BCUT2D eigenvalue weighted by molar-refractivity contribution is 0.148. The highest BCUT2D eigenvalue weighted by atomic mass is 16.6. The first-order chi connectivity index (χ1) is 5.16. The van der Waals surface area contributed by atoms with Gasteiger partial charge in [0.2, 0.25) is 0 Å². The fourth-order valence-corrected chi connectivity index (χ4v) is 1.82. The Morgan fingerprint density at radius 3 is 2.55 bits per heavy atom. The highest BCUT2D eigenvalue weighted by Crippen LogP contribution is 2.46. The van der Waals surface area contributed by atoms with Crippen LogP contribution in [0.25, 0.3) is 0 Å². The van der Waals surface area contributed by atoms with Crippen LogP contribution in [0, 0.1) is 0 Å². The number of carbonyl (C=O) groups is 1. The largest absolute Gasteiger partial charge is 0.447 e. The van der Waals surface area contributed by atoms with Crippen molar-refractivity contribution >= 4 is 6.09 Å². The zero-order chi connectivity index (χ0) is 8.06. The van der Waals surface area contributed by atoms with E-state index in [-0.39, 0.29) is 17.7 Å². The fourth-order valence-electron chi connectivity index (χ4n) is 1.82. The van der Waals surface area contributed by atoms with Gasteiger partial charge < -0.3 is 4.74 Å². The number of ether oxygens (including phenoxy) is 1. The highest BCUT2D eigenvalue weighted by molar-refractivity contribution is 5.72. The second kappa shape index (κ2) is 1.90. The summed E-state index contributed by atoms with van der Waals surface area (Å²) >= 11 is 0. The van der Waals surface area contributed by atoms with Crippen molar-refractivity contribution in [3.05, 3.63) is 0 Å². The minimum absolute atomic E-state index is 0.116. The average Bonchev–Trinajstić information content (AvgIpc) is 2.56. The minimum Gasteiger partial charge on any atom is -0.447 e. The SMILES string of the molecule is CC(C)N1C(=O)OCC12CC2. The maximum atomic E-state index is 11.2. The third kappa shape index (κ3) is 0.832. The van der Waals surface area contributed by atoms with Gasteiger partial charge in [0.05, 0.1) is 5.54 Å². The van der Waals surface area contributed by atoms with E-state index < -0.39 is 0 Å². The fraction of sp³-hybridized carbons (Fsp3) is 0.875. The van der Waals surface area contributed by atoms with Crippen molar-refractivity contribution in [3.63, 3.8) is 0 Å². The first-order valence-corrected chi connectivity index (χ1v) is 4.12. The molecule has 1 saturated carbocycles. The van der Waals surface area contributed by atoms with Crippen molar-refractivity contribution in [3.8, 4) is 0 Å². The first kappa shape index (κ1) is 6.95. The number of nitrogens with zero attached hydrogens (tertiary/aromatic N) is 1. The van der Waals surface area contributed by atoms with E-state index in [1.807, 2.05) is 18.7 Å². The van der Waals surface area contributed by atoms with E-state index in [4.69, 9.17) is 4.74 Å². The maximum absolute atomic E-state index is 11.2. The number of carbonyl (C=O) groups excluding carboxylic acids is 1. The van der Waals surface area contributed by atoms with Gasteiger partial charge in [0.1, 0.15) is 6.61 Å². The summed E-state index contributed by atoms with van der Waals surface area (Å²) in [4.78, 5) is 13.1. The summed E-state index contributed by atoms with van der Waals surface area (Å²) in [5.41, 5.74) is 0.116. The molecule has 0 atom stereocenters. The smallest absolute Gasteiger partial charge is 0.410 e. The number of amides is 1. The van der Waals surface area contributed by atoms with Crippen LogP contribution in [0.3, 0.4) is 0 Å². The molecule has 1 aliphatic heterocycles. The van der Waals surface area contributed by atoms with Crippen LogP contribution >= 0.6 is 0 Å². The lowest BCUT2D eigenvalue weighted by Crippen LogP contribution is -2.40. The van der Waals surface area contributed by atoms with E-state index in [1.165, 1.54) is 0 Å². The Morgan fingerprint density at radius 1 is 1.55 bits per heavy atom. The molecule has 0 N–H and O–H groups in total. The van der Waals surface area contributed by atoms with E-state index in [1.54, 1.807) is 0 Å². The van der Waals surface area contributed by atoms with E-state index in [0.717, 1.165) is 12.8 Å². The van der Waals surface area contributed by atoms with Gasteiger partial charge in [0, 0.05) is 6.04 Å². The van der Waals surface area contributed by atoms with Crippen molar-refractivity contribution in [1.29, 1.82) is 0 Å². The van der Waals surface area contributed by atoms with Crippen LogP contribution in [-0.4, -0.2) is 29.2 Å². The molecule has 11 heavy (non-hydrogen) atoms. The molecule has 3 heteroatoms. The van der Waals surface area contributed by atoms with E-state index in [0.29, 0.717) is 6.61 Å². The Hall–Kier alpha value is -0.730. The molecule has 1 amide bonds. The summed E-state index contributed by atoms with van der Waals surface area (Å²) in [6.45, 7) is 4.68. The molecule has 1 spiro atoms. The molecule has 62 valence electrons. The first-order valence-electron chi connectivity index (χ1n) is 4.12. The quantitative estimate of drug-likeness (QED) is 0.572. The van der Waals surface area contributed by atoms with Gasteiger partial charge in [-0.3, -0.25) is 4.90 Å². The van der Waals surface area contributed by atoms with Gasteiger partial charge in [-0.25, -0.2) is 4.79 Å². The van der Waals surface area contributed by atoms with Crippen molar-refractivity contribution in [1.82, 2.24) is 4.90 Å². The third-order valence-electron chi connectivity index (χ3n) is 2.52. The van der Waals surface area contributed by atoms with Crippen molar-refractivity contribution in [2.75, 3.05) is 6.61 Å². The van der Waals surface area contributed by atoms with E-state index >= 15 is 0 Å². The van der Waals surface area contributed by atoms with Crippen LogP contribution < -0.4 is 0 Å². The molecule has 0 aromatic rings. The van der Waals surface area contributed by atoms with Crippen LogP contribution in [0.2, 0.25) is 0 Å². The van der Waals surface area contributed by atoms with Gasteiger partial charge in [-0.2, -0.15) is 0 Å². The lowest BCUT2D eigenvalue weighted by atomic mass is 10.2. The van der Waals surface area contributed by atoms with Crippen molar-refractivity contribution in [2.24, 2.45) is 0 Å². The minimum atomic E-state index is -0.127. The van der Waals surface area contributed by atoms with Crippen LogP contribution in [0.15, 0.2) is 0 Å². The normalized spacial score (nSPS) is 26.5. The molecule has 3 nitrogen and oxygen atoms in total. The molecule has 0 aromatic carbocycles. The third-order valence-corrected chi connectivity index (χ3v) is 2.52. The predicted octanol–water partition coefficient (Wildman–Crippen LogP) is 1.38. The summed E-state index contributed by atoms with van der Waals surface area (Å²) in [5.74, 6) is 0. The molecule has 1 aliphatic carbocycles. The van der Waals surface area contributed by atoms with Gasteiger partial charge in [-0.15, -0.1) is 0 Å². The molecule has 0 radical (unpaired) electrons. The van der Waals surface area contributed by atoms with E-state index in [2.05, 4.69) is 0 Å². The Balaban J connectivity index is 2.20. The second-order valence-corrected chi connectivity index (χ2v) is 3.74. The maximum Gasteiger partial charge on any atom is 0.410 e. The van der Waals surface area contributed by atoms with Gasteiger partial charge >= 0.3 is 6.09 Å². The number of cyclic esters (lactones) is 1. The Bertz CT molecular complexity index is 196. The molecule has 2 aliphatic rings. The summed E-state index contributed by atoms with van der Waals surface area (Å²) in [6.07, 6.45) is 2.12.